The van der Waals surface area contributed by atoms with Crippen LogP contribution in [0.1, 0.15) is 29.8 Å². The van der Waals surface area contributed by atoms with Crippen LogP contribution < -0.4 is 5.32 Å². The van der Waals surface area contributed by atoms with Gasteiger partial charge < -0.3 is 10.4 Å². The van der Waals surface area contributed by atoms with Crippen molar-refractivity contribution in [3.63, 3.8) is 0 Å². The number of nitrogens with one attached hydrogen (secondary N) is 2. The molecule has 1 aliphatic rings. The van der Waals surface area contributed by atoms with E-state index in [-0.39, 0.29) is 5.91 Å². The fourth-order valence-corrected chi connectivity index (χ4v) is 2.23. The van der Waals surface area contributed by atoms with Crippen molar-refractivity contribution in [2.45, 2.75) is 24.9 Å². The van der Waals surface area contributed by atoms with Gasteiger partial charge in [-0.2, -0.15) is 5.10 Å². The Balaban J connectivity index is 1.75. The first-order valence-electron chi connectivity index (χ1n) is 6.12. The van der Waals surface area contributed by atoms with Gasteiger partial charge in [0.25, 0.3) is 5.91 Å². The third-order valence-corrected chi connectivity index (χ3v) is 3.55. The van der Waals surface area contributed by atoms with Gasteiger partial charge in [-0.05, 0) is 25.3 Å². The van der Waals surface area contributed by atoms with Crippen molar-refractivity contribution in [3.8, 4) is 0 Å². The Kier molecular flexibility index (Phi) is 2.56. The molecule has 0 radical (unpaired) electrons. The third kappa shape index (κ3) is 1.86. The average molecular weight is 245 g/mol. The molecule has 1 amide bonds. The molecule has 2 aromatic rings. The van der Waals surface area contributed by atoms with Crippen LogP contribution in [0.3, 0.4) is 0 Å². The minimum absolute atomic E-state index is 0.243. The summed E-state index contributed by atoms with van der Waals surface area (Å²) in [6.45, 7) is 0.299. The number of carbonyl (C=O) groups excluding carboxylic acids is 1. The molecule has 0 atom stereocenters. The van der Waals surface area contributed by atoms with Crippen molar-refractivity contribution < 1.29 is 9.90 Å². The highest BCUT2D eigenvalue weighted by Crippen LogP contribution is 2.30. The molecule has 0 bridgehead atoms. The van der Waals surface area contributed by atoms with Crippen molar-refractivity contribution >= 4 is 16.8 Å². The van der Waals surface area contributed by atoms with E-state index in [4.69, 9.17) is 0 Å². The lowest BCUT2D eigenvalue weighted by Crippen LogP contribution is -2.47. The predicted molar refractivity (Wildman–Crippen MR) is 67.2 cm³/mol. The lowest BCUT2D eigenvalue weighted by atomic mass is 9.80. The van der Waals surface area contributed by atoms with Crippen LogP contribution in [0, 0.1) is 0 Å². The number of hydrogen-bond donors (Lipinski definition) is 3. The maximum absolute atomic E-state index is 12.0. The highest BCUT2D eigenvalue weighted by molar-refractivity contribution is 6.04. The van der Waals surface area contributed by atoms with Crippen LogP contribution >= 0.6 is 0 Å². The molecule has 0 spiro atoms. The van der Waals surface area contributed by atoms with Crippen LogP contribution in [0.5, 0.6) is 0 Å². The monoisotopic (exact) mass is 245 g/mol. The summed E-state index contributed by atoms with van der Waals surface area (Å²) in [7, 11) is 0. The van der Waals surface area contributed by atoms with Gasteiger partial charge in [-0.3, -0.25) is 9.89 Å². The molecule has 1 fully saturated rings. The number of rotatable bonds is 3. The van der Waals surface area contributed by atoms with Gasteiger partial charge in [-0.15, -0.1) is 0 Å². The largest absolute Gasteiger partial charge is 0.388 e. The summed E-state index contributed by atoms with van der Waals surface area (Å²) in [5.74, 6) is -0.243. The number of benzene rings is 1. The zero-order chi connectivity index (χ0) is 12.6. The lowest BCUT2D eigenvalue weighted by molar-refractivity contribution is -0.0300. The van der Waals surface area contributed by atoms with E-state index in [9.17, 15) is 9.90 Å². The smallest absolute Gasteiger partial charge is 0.272 e. The summed E-state index contributed by atoms with van der Waals surface area (Å²) in [4.78, 5) is 12.0. The Morgan fingerprint density at radius 3 is 2.94 bits per heavy atom. The molecule has 5 nitrogen and oxygen atoms in total. The SMILES string of the molecule is O=C(NCC1(O)CCC1)c1n[nH]c2ccccc12. The standard InChI is InChI=1S/C13H15N3O2/c17-12(14-8-13(18)6-3-7-13)11-9-4-1-2-5-10(9)15-16-11/h1-2,4-5,18H,3,6-8H2,(H,14,17)(H,15,16). The average Bonchev–Trinajstić information content (AvgIpc) is 2.77. The molecular formula is C13H15N3O2. The normalized spacial score (nSPS) is 17.4. The molecule has 0 saturated heterocycles. The molecule has 1 aromatic carbocycles. The molecule has 3 N–H and O–H groups in total. The van der Waals surface area contributed by atoms with Gasteiger partial charge >= 0.3 is 0 Å². The Labute approximate surface area is 104 Å². The summed E-state index contributed by atoms with van der Waals surface area (Å²) >= 11 is 0. The Morgan fingerprint density at radius 1 is 1.44 bits per heavy atom. The van der Waals surface area contributed by atoms with E-state index >= 15 is 0 Å². The lowest BCUT2D eigenvalue weighted by Gasteiger charge is -2.36. The molecule has 1 heterocycles. The maximum atomic E-state index is 12.0. The van der Waals surface area contributed by atoms with Gasteiger partial charge in [0.2, 0.25) is 0 Å². The fraction of sp³-hybridized carbons (Fsp3) is 0.385. The molecule has 18 heavy (non-hydrogen) atoms. The van der Waals surface area contributed by atoms with Gasteiger partial charge in [0.15, 0.2) is 5.69 Å². The molecule has 1 saturated carbocycles. The number of para-hydroxylation sites is 1. The molecule has 3 rings (SSSR count). The number of aromatic nitrogens is 2. The van der Waals surface area contributed by atoms with Crippen LogP contribution in [-0.4, -0.2) is 33.4 Å². The van der Waals surface area contributed by atoms with Crippen molar-refractivity contribution in [1.29, 1.82) is 0 Å². The number of carbonyl (C=O) groups is 1. The first kappa shape index (κ1) is 11.2. The minimum atomic E-state index is -0.707. The number of aromatic amines is 1. The van der Waals surface area contributed by atoms with Crippen molar-refractivity contribution in [2.75, 3.05) is 6.54 Å². The highest BCUT2D eigenvalue weighted by Gasteiger charge is 2.34. The molecule has 5 heteroatoms. The van der Waals surface area contributed by atoms with Crippen molar-refractivity contribution in [1.82, 2.24) is 15.5 Å². The highest BCUT2D eigenvalue weighted by atomic mass is 16.3. The predicted octanol–water partition coefficient (Wildman–Crippen LogP) is 1.21. The van der Waals surface area contributed by atoms with E-state index in [0.29, 0.717) is 12.2 Å². The van der Waals surface area contributed by atoms with Gasteiger partial charge in [0.1, 0.15) is 0 Å². The Bertz CT molecular complexity index is 587. The number of hydrogen-bond acceptors (Lipinski definition) is 3. The van der Waals surface area contributed by atoms with E-state index in [2.05, 4.69) is 15.5 Å². The van der Waals surface area contributed by atoms with E-state index in [1.54, 1.807) is 0 Å². The number of aliphatic hydroxyl groups is 1. The van der Waals surface area contributed by atoms with Crippen molar-refractivity contribution in [2.24, 2.45) is 0 Å². The fourth-order valence-electron chi connectivity index (χ4n) is 2.23. The summed E-state index contributed by atoms with van der Waals surface area (Å²) in [6, 6.07) is 7.48. The second kappa shape index (κ2) is 4.10. The third-order valence-electron chi connectivity index (χ3n) is 3.55. The van der Waals surface area contributed by atoms with Gasteiger partial charge in [-0.1, -0.05) is 18.2 Å². The quantitative estimate of drug-likeness (QED) is 0.760. The van der Waals surface area contributed by atoms with E-state index in [1.807, 2.05) is 24.3 Å². The topological polar surface area (TPSA) is 78.0 Å². The van der Waals surface area contributed by atoms with E-state index in [1.165, 1.54) is 0 Å². The number of amides is 1. The molecule has 0 aliphatic heterocycles. The second-order valence-corrected chi connectivity index (χ2v) is 4.88. The maximum Gasteiger partial charge on any atom is 0.272 e. The summed E-state index contributed by atoms with van der Waals surface area (Å²) in [5.41, 5.74) is 0.514. The first-order chi connectivity index (χ1) is 8.68. The molecule has 1 aromatic heterocycles. The van der Waals surface area contributed by atoms with Crippen LogP contribution in [0.2, 0.25) is 0 Å². The van der Waals surface area contributed by atoms with Crippen molar-refractivity contribution in [3.05, 3.63) is 30.0 Å². The zero-order valence-corrected chi connectivity index (χ0v) is 9.94. The van der Waals surface area contributed by atoms with Crippen LogP contribution in [0.4, 0.5) is 0 Å². The van der Waals surface area contributed by atoms with Gasteiger partial charge in [-0.25, -0.2) is 0 Å². The Morgan fingerprint density at radius 2 is 2.22 bits per heavy atom. The second-order valence-electron chi connectivity index (χ2n) is 4.88. The molecule has 94 valence electrons. The zero-order valence-electron chi connectivity index (χ0n) is 9.94. The number of fused-ring (bicyclic) bond motifs is 1. The number of H-pyrrole nitrogens is 1. The number of nitrogens with zero attached hydrogens (tertiary/aromatic N) is 1. The van der Waals surface area contributed by atoms with Crippen LogP contribution in [0.15, 0.2) is 24.3 Å². The Hall–Kier alpha value is -1.88. The summed E-state index contributed by atoms with van der Waals surface area (Å²) in [6.07, 6.45) is 2.54. The summed E-state index contributed by atoms with van der Waals surface area (Å²) in [5, 5.41) is 20.3. The first-order valence-corrected chi connectivity index (χ1v) is 6.12. The van der Waals surface area contributed by atoms with E-state index < -0.39 is 5.60 Å². The van der Waals surface area contributed by atoms with Crippen LogP contribution in [0.25, 0.3) is 10.9 Å². The minimum Gasteiger partial charge on any atom is -0.388 e. The molecular weight excluding hydrogens is 230 g/mol. The molecule has 0 unspecified atom stereocenters. The van der Waals surface area contributed by atoms with Gasteiger partial charge in [0.05, 0.1) is 11.1 Å². The molecule has 1 aliphatic carbocycles. The van der Waals surface area contributed by atoms with Gasteiger partial charge in [0, 0.05) is 11.9 Å². The van der Waals surface area contributed by atoms with Crippen LogP contribution in [-0.2, 0) is 0 Å². The summed E-state index contributed by atoms with van der Waals surface area (Å²) < 4.78 is 0. The van der Waals surface area contributed by atoms with E-state index in [0.717, 1.165) is 30.2 Å².